The second-order valence-corrected chi connectivity index (χ2v) is 4.87. The molecule has 0 bridgehead atoms. The van der Waals surface area contributed by atoms with Crippen molar-refractivity contribution in [2.24, 2.45) is 0 Å². The van der Waals surface area contributed by atoms with Gasteiger partial charge in [-0.3, -0.25) is 9.69 Å². The normalized spacial score (nSPS) is 18.8. The van der Waals surface area contributed by atoms with Crippen molar-refractivity contribution in [1.29, 1.82) is 0 Å². The summed E-state index contributed by atoms with van der Waals surface area (Å²) >= 11 is 0. The molecule has 0 radical (unpaired) electrons. The van der Waals surface area contributed by atoms with Crippen LogP contribution in [0.25, 0.3) is 0 Å². The Hall–Kier alpha value is -1.47. The van der Waals surface area contributed by atoms with Gasteiger partial charge in [-0.1, -0.05) is 12.1 Å². The highest BCUT2D eigenvalue weighted by atomic mass is 35.5. The average Bonchev–Trinajstić information content (AvgIpc) is 2.87. The van der Waals surface area contributed by atoms with Gasteiger partial charge in [0.15, 0.2) is 0 Å². The van der Waals surface area contributed by atoms with E-state index in [4.69, 9.17) is 9.84 Å². The van der Waals surface area contributed by atoms with Gasteiger partial charge in [0.25, 0.3) is 0 Å². The van der Waals surface area contributed by atoms with Gasteiger partial charge < -0.3 is 9.84 Å². The number of ether oxygens (including phenoxy) is 1. The SMILES string of the molecule is Cl.O=C(O)[C@H]1CCCN1CCOc1ccccc1C(F)(F)F. The lowest BCUT2D eigenvalue weighted by Crippen LogP contribution is -2.38. The highest BCUT2D eigenvalue weighted by Crippen LogP contribution is 2.35. The molecule has 1 N–H and O–H groups in total. The highest BCUT2D eigenvalue weighted by Gasteiger charge is 2.34. The van der Waals surface area contributed by atoms with Crippen LogP contribution in [0.4, 0.5) is 13.2 Å². The summed E-state index contributed by atoms with van der Waals surface area (Å²) in [5, 5.41) is 9.02. The number of hydrogen-bond acceptors (Lipinski definition) is 3. The molecule has 0 saturated carbocycles. The molecule has 22 heavy (non-hydrogen) atoms. The van der Waals surface area contributed by atoms with Gasteiger partial charge in [0.2, 0.25) is 0 Å². The molecule has 1 atom stereocenters. The first-order valence-electron chi connectivity index (χ1n) is 6.65. The third kappa shape index (κ3) is 4.51. The summed E-state index contributed by atoms with van der Waals surface area (Å²) in [5.74, 6) is -1.13. The van der Waals surface area contributed by atoms with Gasteiger partial charge in [-0.25, -0.2) is 0 Å². The van der Waals surface area contributed by atoms with E-state index in [1.807, 2.05) is 0 Å². The zero-order valence-electron chi connectivity index (χ0n) is 11.7. The minimum absolute atomic E-state index is 0. The number of hydrogen-bond donors (Lipinski definition) is 1. The largest absolute Gasteiger partial charge is 0.492 e. The molecule has 0 spiro atoms. The summed E-state index contributed by atoms with van der Waals surface area (Å²) in [5.41, 5.74) is -0.818. The fourth-order valence-electron chi connectivity index (χ4n) is 2.47. The topological polar surface area (TPSA) is 49.8 Å². The van der Waals surface area contributed by atoms with Gasteiger partial charge in [-0.15, -0.1) is 12.4 Å². The zero-order valence-corrected chi connectivity index (χ0v) is 12.5. The number of alkyl halides is 3. The summed E-state index contributed by atoms with van der Waals surface area (Å²) in [6.07, 6.45) is -3.13. The Kier molecular flexibility index (Phi) is 6.49. The van der Waals surface area contributed by atoms with Crippen LogP contribution >= 0.6 is 12.4 Å². The summed E-state index contributed by atoms with van der Waals surface area (Å²) in [6, 6.07) is 4.44. The first-order chi connectivity index (χ1) is 9.89. The Morgan fingerprint density at radius 1 is 1.36 bits per heavy atom. The van der Waals surface area contributed by atoms with Crippen LogP contribution in [0.1, 0.15) is 18.4 Å². The minimum atomic E-state index is -4.46. The molecule has 0 unspecified atom stereocenters. The summed E-state index contributed by atoms with van der Waals surface area (Å²) in [4.78, 5) is 12.7. The molecule has 1 aromatic carbocycles. The van der Waals surface area contributed by atoms with Gasteiger partial charge in [0.1, 0.15) is 18.4 Å². The maximum atomic E-state index is 12.8. The predicted octanol–water partition coefficient (Wildman–Crippen LogP) is 3.06. The van der Waals surface area contributed by atoms with Crippen LogP contribution in [0.5, 0.6) is 5.75 Å². The van der Waals surface area contributed by atoms with Crippen LogP contribution in [-0.2, 0) is 11.0 Å². The van der Waals surface area contributed by atoms with Crippen LogP contribution in [0.15, 0.2) is 24.3 Å². The second-order valence-electron chi connectivity index (χ2n) is 4.87. The van der Waals surface area contributed by atoms with Crippen LogP contribution in [0.3, 0.4) is 0 Å². The summed E-state index contributed by atoms with van der Waals surface area (Å²) in [7, 11) is 0. The Balaban J connectivity index is 0.00000242. The molecule has 1 aromatic rings. The monoisotopic (exact) mass is 339 g/mol. The standard InChI is InChI=1S/C14H16F3NO3.ClH/c15-14(16,17)10-4-1-2-6-12(10)21-9-8-18-7-3-5-11(18)13(19)20;/h1-2,4,6,11H,3,5,7-9H2,(H,19,20);1H/t11-;/m1./s1. The van der Waals surface area contributed by atoms with E-state index in [1.165, 1.54) is 18.2 Å². The number of carboxylic acid groups (broad SMARTS) is 1. The van der Waals surface area contributed by atoms with Crippen LogP contribution in [0, 0.1) is 0 Å². The number of benzene rings is 1. The van der Waals surface area contributed by atoms with Gasteiger partial charge in [0.05, 0.1) is 5.56 Å². The molecule has 1 heterocycles. The summed E-state index contributed by atoms with van der Waals surface area (Å²) in [6.45, 7) is 0.946. The first kappa shape index (κ1) is 18.6. The molecule has 1 fully saturated rings. The number of para-hydroxylation sites is 1. The van der Waals surface area contributed by atoms with Gasteiger partial charge in [-0.2, -0.15) is 13.2 Å². The zero-order chi connectivity index (χ0) is 15.5. The molecule has 1 aliphatic heterocycles. The van der Waals surface area contributed by atoms with E-state index in [1.54, 1.807) is 4.90 Å². The molecule has 8 heteroatoms. The number of carbonyl (C=O) groups is 1. The number of rotatable bonds is 5. The molecule has 0 amide bonds. The quantitative estimate of drug-likeness (QED) is 0.895. The van der Waals surface area contributed by atoms with Crippen LogP contribution in [0.2, 0.25) is 0 Å². The molecule has 0 aliphatic carbocycles. The maximum absolute atomic E-state index is 12.8. The lowest BCUT2D eigenvalue weighted by atomic mass is 10.2. The number of carboxylic acids is 1. The van der Waals surface area contributed by atoms with Crippen molar-refractivity contribution in [3.8, 4) is 5.75 Å². The van der Waals surface area contributed by atoms with E-state index in [0.717, 1.165) is 12.5 Å². The van der Waals surface area contributed by atoms with Gasteiger partial charge in [0, 0.05) is 6.54 Å². The van der Waals surface area contributed by atoms with E-state index >= 15 is 0 Å². The molecule has 1 aliphatic rings. The van der Waals surface area contributed by atoms with E-state index in [2.05, 4.69) is 0 Å². The van der Waals surface area contributed by atoms with Crippen molar-refractivity contribution < 1.29 is 27.8 Å². The minimum Gasteiger partial charge on any atom is -0.492 e. The number of halogens is 4. The van der Waals surface area contributed by atoms with Gasteiger partial charge in [-0.05, 0) is 31.5 Å². The summed E-state index contributed by atoms with van der Waals surface area (Å²) < 4.78 is 43.5. The molecular weight excluding hydrogens is 323 g/mol. The Bertz CT molecular complexity index is 510. The van der Waals surface area contributed by atoms with E-state index in [0.29, 0.717) is 19.5 Å². The number of nitrogens with zero attached hydrogens (tertiary/aromatic N) is 1. The predicted molar refractivity (Wildman–Crippen MR) is 76.4 cm³/mol. The van der Waals surface area contributed by atoms with Crippen molar-refractivity contribution in [3.63, 3.8) is 0 Å². The van der Waals surface area contributed by atoms with Crippen molar-refractivity contribution in [1.82, 2.24) is 4.90 Å². The lowest BCUT2D eigenvalue weighted by Gasteiger charge is -2.21. The fraction of sp³-hybridized carbons (Fsp3) is 0.500. The van der Waals surface area contributed by atoms with E-state index in [9.17, 15) is 18.0 Å². The molecule has 4 nitrogen and oxygen atoms in total. The third-order valence-electron chi connectivity index (χ3n) is 3.48. The first-order valence-corrected chi connectivity index (χ1v) is 6.65. The van der Waals surface area contributed by atoms with E-state index < -0.39 is 23.8 Å². The highest BCUT2D eigenvalue weighted by molar-refractivity contribution is 5.85. The van der Waals surface area contributed by atoms with Crippen molar-refractivity contribution in [2.75, 3.05) is 19.7 Å². The van der Waals surface area contributed by atoms with Crippen molar-refractivity contribution in [2.45, 2.75) is 25.1 Å². The van der Waals surface area contributed by atoms with E-state index in [-0.39, 0.29) is 24.8 Å². The lowest BCUT2D eigenvalue weighted by molar-refractivity contribution is -0.142. The van der Waals surface area contributed by atoms with Crippen molar-refractivity contribution >= 4 is 18.4 Å². The fourth-order valence-corrected chi connectivity index (χ4v) is 2.47. The maximum Gasteiger partial charge on any atom is 0.419 e. The molecule has 2 rings (SSSR count). The molecule has 0 aromatic heterocycles. The number of aliphatic carboxylic acids is 1. The Morgan fingerprint density at radius 2 is 2.05 bits per heavy atom. The van der Waals surface area contributed by atoms with Crippen LogP contribution < -0.4 is 4.74 Å². The molecular formula is C14H17ClF3NO3. The number of likely N-dealkylation sites (tertiary alicyclic amines) is 1. The Morgan fingerprint density at radius 3 is 2.68 bits per heavy atom. The van der Waals surface area contributed by atoms with Crippen LogP contribution in [-0.4, -0.2) is 41.7 Å². The van der Waals surface area contributed by atoms with Crippen molar-refractivity contribution in [3.05, 3.63) is 29.8 Å². The Labute approximate surface area is 132 Å². The average molecular weight is 340 g/mol. The van der Waals surface area contributed by atoms with Gasteiger partial charge >= 0.3 is 12.1 Å². The molecule has 124 valence electrons. The second kappa shape index (κ2) is 7.69. The smallest absolute Gasteiger partial charge is 0.419 e. The third-order valence-corrected chi connectivity index (χ3v) is 3.48. The molecule has 1 saturated heterocycles.